The molecule has 0 bridgehead atoms. The lowest BCUT2D eigenvalue weighted by atomic mass is 10.0. The van der Waals surface area contributed by atoms with Crippen LogP contribution in [-0.2, 0) is 0 Å². The number of benzene rings is 1. The maximum atomic E-state index is 12.2. The van der Waals surface area contributed by atoms with Crippen molar-refractivity contribution in [2.75, 3.05) is 14.2 Å². The molecule has 0 amide bonds. The third-order valence-electron chi connectivity index (χ3n) is 4.99. The maximum absolute atomic E-state index is 12.2. The van der Waals surface area contributed by atoms with E-state index in [1.807, 2.05) is 43.5 Å². The Balaban J connectivity index is 2.22. The zero-order valence-electron chi connectivity index (χ0n) is 17.7. The van der Waals surface area contributed by atoms with Crippen molar-refractivity contribution in [3.63, 3.8) is 0 Å². The van der Waals surface area contributed by atoms with E-state index in [0.717, 1.165) is 27.5 Å². The van der Waals surface area contributed by atoms with E-state index in [-0.39, 0.29) is 11.6 Å². The molecule has 29 heavy (non-hydrogen) atoms. The lowest BCUT2D eigenvalue weighted by Crippen LogP contribution is -2.02. The largest absolute Gasteiger partial charge is 0.497 e. The average molecular weight is 413 g/mol. The molecule has 1 aromatic carbocycles. The van der Waals surface area contributed by atoms with Gasteiger partial charge in [0.2, 0.25) is 0 Å². The van der Waals surface area contributed by atoms with E-state index in [2.05, 4.69) is 0 Å². The molecule has 0 atom stereocenters. The van der Waals surface area contributed by atoms with Crippen molar-refractivity contribution >= 4 is 22.9 Å². The van der Waals surface area contributed by atoms with Gasteiger partial charge in [-0.3, -0.25) is 14.2 Å². The lowest BCUT2D eigenvalue weighted by Gasteiger charge is -2.09. The van der Waals surface area contributed by atoms with Crippen LogP contribution >= 0.6 is 11.3 Å². The predicted molar refractivity (Wildman–Crippen MR) is 114 cm³/mol. The fraction of sp³-hybridized carbons (Fsp3) is 0.318. The fourth-order valence-corrected chi connectivity index (χ4v) is 4.74. The molecule has 3 aromatic rings. The topological polar surface area (TPSA) is 70.4 Å². The van der Waals surface area contributed by atoms with Gasteiger partial charge in [0.05, 0.1) is 19.9 Å². The van der Waals surface area contributed by atoms with Crippen LogP contribution in [-0.4, -0.2) is 35.3 Å². The second-order valence-corrected chi connectivity index (χ2v) is 8.02. The summed E-state index contributed by atoms with van der Waals surface area (Å²) in [7, 11) is 3.22. The van der Waals surface area contributed by atoms with Crippen LogP contribution < -0.4 is 9.47 Å². The minimum absolute atomic E-state index is 0.125. The van der Waals surface area contributed by atoms with Crippen molar-refractivity contribution in [1.82, 2.24) is 9.55 Å². The monoisotopic (exact) mass is 412 g/mol. The summed E-state index contributed by atoms with van der Waals surface area (Å²) in [6.07, 6.45) is 0. The Kier molecular flexibility index (Phi) is 5.61. The standard InChI is InChI=1S/C22H24N2O4S/c1-11-19(13(3)25)20(14(4)26)12(2)24(11)22-23-21(15(5)29-22)17-9-8-16(27-6)10-18(17)28-7/h8-10H,1-7H3. The predicted octanol–water partition coefficient (Wildman–Crippen LogP) is 4.95. The molecular formula is C22H24N2O4S. The van der Waals surface area contributed by atoms with Gasteiger partial charge in [-0.2, -0.15) is 0 Å². The summed E-state index contributed by atoms with van der Waals surface area (Å²) in [5.41, 5.74) is 4.03. The number of thiazole rings is 1. The van der Waals surface area contributed by atoms with Crippen LogP contribution in [0.2, 0.25) is 0 Å². The summed E-state index contributed by atoms with van der Waals surface area (Å²) in [5.74, 6) is 1.12. The molecule has 0 saturated carbocycles. The number of methoxy groups -OCH3 is 2. The number of aryl methyl sites for hydroxylation is 1. The second-order valence-electron chi connectivity index (χ2n) is 6.84. The highest BCUT2D eigenvalue weighted by molar-refractivity contribution is 7.14. The van der Waals surface area contributed by atoms with Crippen LogP contribution in [0, 0.1) is 20.8 Å². The number of carbonyl (C=O) groups excluding carboxylic acids is 2. The van der Waals surface area contributed by atoms with Crippen molar-refractivity contribution in [2.45, 2.75) is 34.6 Å². The number of nitrogens with zero attached hydrogens (tertiary/aromatic N) is 2. The molecule has 0 aliphatic rings. The van der Waals surface area contributed by atoms with E-state index < -0.39 is 0 Å². The molecule has 0 saturated heterocycles. The van der Waals surface area contributed by atoms with E-state index in [1.54, 1.807) is 14.2 Å². The Labute approximate surface area is 174 Å². The average Bonchev–Trinajstić information content (AvgIpc) is 3.17. The number of aromatic nitrogens is 2. The second kappa shape index (κ2) is 7.83. The number of hydrogen-bond donors (Lipinski definition) is 0. The number of ketones is 2. The molecular weight excluding hydrogens is 388 g/mol. The molecule has 0 radical (unpaired) electrons. The first-order valence-electron chi connectivity index (χ1n) is 9.15. The molecule has 152 valence electrons. The first-order chi connectivity index (χ1) is 13.7. The first kappa shape index (κ1) is 20.8. The Morgan fingerprint density at radius 1 is 0.966 bits per heavy atom. The summed E-state index contributed by atoms with van der Waals surface area (Å²) in [4.78, 5) is 30.3. The summed E-state index contributed by atoms with van der Waals surface area (Å²) in [5, 5.41) is 0.709. The molecule has 2 heterocycles. The van der Waals surface area contributed by atoms with E-state index in [1.165, 1.54) is 25.2 Å². The first-order valence-corrected chi connectivity index (χ1v) is 9.96. The normalized spacial score (nSPS) is 10.9. The van der Waals surface area contributed by atoms with Crippen LogP contribution in [0.1, 0.15) is 50.8 Å². The summed E-state index contributed by atoms with van der Waals surface area (Å²) >= 11 is 1.51. The third-order valence-corrected chi connectivity index (χ3v) is 5.94. The van der Waals surface area contributed by atoms with Gasteiger partial charge in [0.15, 0.2) is 16.7 Å². The Bertz CT molecular complexity index is 1090. The summed E-state index contributed by atoms with van der Waals surface area (Å²) in [6, 6.07) is 5.60. The molecule has 0 fully saturated rings. The van der Waals surface area contributed by atoms with Crippen LogP contribution in [0.15, 0.2) is 18.2 Å². The quantitative estimate of drug-likeness (QED) is 0.536. The minimum Gasteiger partial charge on any atom is -0.497 e. The number of ether oxygens (including phenoxy) is 2. The molecule has 7 heteroatoms. The molecule has 0 unspecified atom stereocenters. The van der Waals surface area contributed by atoms with Gasteiger partial charge >= 0.3 is 0 Å². The van der Waals surface area contributed by atoms with Gasteiger partial charge < -0.3 is 9.47 Å². The van der Waals surface area contributed by atoms with Gasteiger partial charge in [0.25, 0.3) is 0 Å². The van der Waals surface area contributed by atoms with E-state index in [4.69, 9.17) is 14.5 Å². The highest BCUT2D eigenvalue weighted by Gasteiger charge is 2.26. The van der Waals surface area contributed by atoms with Crippen LogP contribution in [0.3, 0.4) is 0 Å². The number of Topliss-reactive ketones (excluding diaryl/α,β-unsaturated/α-hetero) is 2. The molecule has 0 N–H and O–H groups in total. The molecule has 6 nitrogen and oxygen atoms in total. The van der Waals surface area contributed by atoms with E-state index in [0.29, 0.717) is 27.8 Å². The summed E-state index contributed by atoms with van der Waals surface area (Å²) < 4.78 is 12.7. The van der Waals surface area contributed by atoms with Crippen molar-refractivity contribution in [1.29, 1.82) is 0 Å². The molecule has 0 spiro atoms. The van der Waals surface area contributed by atoms with Crippen molar-refractivity contribution in [3.05, 3.63) is 45.6 Å². The smallest absolute Gasteiger partial charge is 0.194 e. The molecule has 3 rings (SSSR count). The van der Waals surface area contributed by atoms with Crippen LogP contribution in [0.4, 0.5) is 0 Å². The lowest BCUT2D eigenvalue weighted by molar-refractivity contribution is 0.0981. The van der Waals surface area contributed by atoms with Crippen molar-refractivity contribution in [3.8, 4) is 27.9 Å². The van der Waals surface area contributed by atoms with Crippen molar-refractivity contribution < 1.29 is 19.1 Å². The van der Waals surface area contributed by atoms with Gasteiger partial charge in [-0.25, -0.2) is 4.98 Å². The van der Waals surface area contributed by atoms with Gasteiger partial charge in [0.1, 0.15) is 11.5 Å². The SMILES string of the molecule is COc1ccc(-c2nc(-n3c(C)c(C(C)=O)c(C(C)=O)c3C)sc2C)c(OC)c1. The fourth-order valence-electron chi connectivity index (χ4n) is 3.71. The molecule has 0 aliphatic carbocycles. The number of rotatable bonds is 6. The highest BCUT2D eigenvalue weighted by atomic mass is 32.1. The number of hydrogen-bond acceptors (Lipinski definition) is 6. The van der Waals surface area contributed by atoms with Gasteiger partial charge in [0, 0.05) is 39.0 Å². The Hall–Kier alpha value is -2.93. The van der Waals surface area contributed by atoms with Gasteiger partial charge in [-0.15, -0.1) is 11.3 Å². The molecule has 0 aliphatic heterocycles. The van der Waals surface area contributed by atoms with E-state index >= 15 is 0 Å². The Morgan fingerprint density at radius 2 is 1.55 bits per heavy atom. The third kappa shape index (κ3) is 3.46. The molecule has 2 aromatic heterocycles. The van der Waals surface area contributed by atoms with Crippen molar-refractivity contribution in [2.24, 2.45) is 0 Å². The Morgan fingerprint density at radius 3 is 2.03 bits per heavy atom. The maximum Gasteiger partial charge on any atom is 0.194 e. The zero-order chi connectivity index (χ0) is 21.5. The van der Waals surface area contributed by atoms with Crippen LogP contribution in [0.25, 0.3) is 16.4 Å². The zero-order valence-corrected chi connectivity index (χ0v) is 18.5. The van der Waals surface area contributed by atoms with Crippen LogP contribution in [0.5, 0.6) is 11.5 Å². The minimum atomic E-state index is -0.125. The summed E-state index contributed by atoms with van der Waals surface area (Å²) in [6.45, 7) is 8.66. The van der Waals surface area contributed by atoms with Gasteiger partial charge in [-0.1, -0.05) is 0 Å². The number of carbonyl (C=O) groups is 2. The van der Waals surface area contributed by atoms with Gasteiger partial charge in [-0.05, 0) is 46.8 Å². The highest BCUT2D eigenvalue weighted by Crippen LogP contribution is 2.38. The van der Waals surface area contributed by atoms with E-state index in [9.17, 15) is 9.59 Å².